The van der Waals surface area contributed by atoms with Gasteiger partial charge in [0.1, 0.15) is 17.5 Å². The first-order valence-electron chi connectivity index (χ1n) is 14.3. The van der Waals surface area contributed by atoms with E-state index in [1.54, 1.807) is 24.0 Å². The van der Waals surface area contributed by atoms with Crippen molar-refractivity contribution >= 4 is 31.8 Å². The molecule has 1 N–H and O–H groups in total. The lowest BCUT2D eigenvalue weighted by Gasteiger charge is -2.36. The van der Waals surface area contributed by atoms with Crippen molar-refractivity contribution < 1.29 is 14.0 Å². The molecule has 37 heavy (non-hydrogen) atoms. The Morgan fingerprint density at radius 1 is 1.11 bits per heavy atom. The van der Waals surface area contributed by atoms with Crippen LogP contribution in [0.2, 0.25) is 18.1 Å². The molecule has 1 saturated heterocycles. The van der Waals surface area contributed by atoms with E-state index in [9.17, 15) is 9.59 Å². The third-order valence-electron chi connectivity index (χ3n) is 7.54. The minimum absolute atomic E-state index is 0.0870. The first-order chi connectivity index (χ1) is 17.5. The number of amides is 1. The number of hydrogen-bond donors (Lipinski definition) is 1. The highest BCUT2D eigenvalue weighted by Gasteiger charge is 2.39. The summed E-state index contributed by atoms with van der Waals surface area (Å²) < 4.78 is 13.9. The number of nitrogens with one attached hydrogen (secondary N) is 1. The van der Waals surface area contributed by atoms with E-state index in [4.69, 9.17) is 9.16 Å². The summed E-state index contributed by atoms with van der Waals surface area (Å²) in [6, 6.07) is 1.67. The molecule has 212 valence electrons. The fraction of sp³-hybridized carbons (Fsp3) is 0.821. The van der Waals surface area contributed by atoms with Gasteiger partial charge in [0.05, 0.1) is 6.61 Å². The van der Waals surface area contributed by atoms with Gasteiger partial charge in [-0.1, -0.05) is 91.9 Å². The van der Waals surface area contributed by atoms with Gasteiger partial charge >= 0.3 is 5.69 Å². The summed E-state index contributed by atoms with van der Waals surface area (Å²) in [5, 5.41) is 2.91. The van der Waals surface area contributed by atoms with Crippen LogP contribution in [0.4, 0.5) is 5.82 Å². The first-order valence-corrected chi connectivity index (χ1v) is 18.3. The van der Waals surface area contributed by atoms with Gasteiger partial charge in [-0.05, 0) is 30.6 Å². The average Bonchev–Trinajstić information content (AvgIpc) is 3.29. The first kappa shape index (κ1) is 32.1. The van der Waals surface area contributed by atoms with Crippen LogP contribution in [0, 0.1) is 0 Å². The largest absolute Gasteiger partial charge is 0.413 e. The van der Waals surface area contributed by atoms with E-state index < -0.39 is 14.0 Å². The van der Waals surface area contributed by atoms with Crippen LogP contribution >= 0.6 is 11.8 Å². The number of rotatable bonds is 17. The number of carbonyl (C=O) groups is 1. The third-order valence-corrected chi connectivity index (χ3v) is 13.1. The summed E-state index contributed by atoms with van der Waals surface area (Å²) >= 11 is 1.66. The van der Waals surface area contributed by atoms with E-state index in [1.165, 1.54) is 62.4 Å². The van der Waals surface area contributed by atoms with Gasteiger partial charge in [0, 0.05) is 18.4 Å². The Balaban J connectivity index is 1.65. The van der Waals surface area contributed by atoms with Gasteiger partial charge in [0.25, 0.3) is 0 Å². The molecule has 7 nitrogen and oxygen atoms in total. The molecule has 1 fully saturated rings. The van der Waals surface area contributed by atoms with Crippen LogP contribution in [0.25, 0.3) is 0 Å². The quantitative estimate of drug-likeness (QED) is 0.159. The van der Waals surface area contributed by atoms with Crippen LogP contribution in [-0.2, 0) is 14.0 Å². The van der Waals surface area contributed by atoms with Gasteiger partial charge in [-0.15, -0.1) is 11.8 Å². The Morgan fingerprint density at radius 2 is 1.70 bits per heavy atom. The molecule has 0 radical (unpaired) electrons. The number of nitrogens with zero attached hydrogens (tertiary/aromatic N) is 2. The number of hydrogen-bond acceptors (Lipinski definition) is 6. The van der Waals surface area contributed by atoms with E-state index >= 15 is 0 Å². The van der Waals surface area contributed by atoms with Gasteiger partial charge in [0.2, 0.25) is 5.91 Å². The Hall–Kier alpha value is -1.16. The lowest BCUT2D eigenvalue weighted by Crippen LogP contribution is -2.42. The molecule has 1 aromatic rings. The summed E-state index contributed by atoms with van der Waals surface area (Å²) in [6.07, 6.45) is 15.5. The maximum atomic E-state index is 12.6. The highest BCUT2D eigenvalue weighted by molar-refractivity contribution is 8.00. The van der Waals surface area contributed by atoms with Gasteiger partial charge in [0.15, 0.2) is 8.32 Å². The molecule has 2 atom stereocenters. The minimum atomic E-state index is -1.85. The monoisotopic (exact) mass is 553 g/mol. The van der Waals surface area contributed by atoms with Gasteiger partial charge in [-0.25, -0.2) is 4.79 Å². The third kappa shape index (κ3) is 11.6. The standard InChI is InChI=1S/C28H51N3O4SSi/c1-7-8-9-10-11-12-13-14-15-16-17-18-24(32)29-23-19-20-31(27(33)30-23)25-22-36-26(35-25)21-34-37(5,6)28(2,3)4/h19-20,25-26H,7-18,21-22H2,1-6H3,(H,29,30,32,33)/t25-,26+/m0/s1. The van der Waals surface area contributed by atoms with Crippen molar-refractivity contribution in [2.24, 2.45) is 0 Å². The van der Waals surface area contributed by atoms with Crippen molar-refractivity contribution in [3.8, 4) is 0 Å². The summed E-state index contributed by atoms with van der Waals surface area (Å²) in [6.45, 7) is 13.9. The molecule has 1 aromatic heterocycles. The molecular formula is C28H51N3O4SSi. The molecular weight excluding hydrogens is 502 g/mol. The van der Waals surface area contributed by atoms with Crippen molar-refractivity contribution in [2.75, 3.05) is 17.7 Å². The fourth-order valence-corrected chi connectivity index (χ4v) is 6.14. The van der Waals surface area contributed by atoms with Crippen LogP contribution in [0.15, 0.2) is 17.1 Å². The van der Waals surface area contributed by atoms with Crippen LogP contribution in [0.5, 0.6) is 0 Å². The fourth-order valence-electron chi connectivity index (χ4n) is 4.03. The Morgan fingerprint density at radius 3 is 2.27 bits per heavy atom. The SMILES string of the molecule is CCCCCCCCCCCCCC(=O)Nc1ccn([C@@H]2CS[C@H](CO[Si](C)(C)C(C)(C)C)O2)c(=O)n1. The van der Waals surface area contributed by atoms with E-state index in [0.29, 0.717) is 24.6 Å². The Bertz CT molecular complexity index is 872. The van der Waals surface area contributed by atoms with Gasteiger partial charge in [-0.3, -0.25) is 9.36 Å². The van der Waals surface area contributed by atoms with Crippen LogP contribution < -0.4 is 11.0 Å². The summed E-state index contributed by atoms with van der Waals surface area (Å²) in [4.78, 5) is 29.0. The molecule has 9 heteroatoms. The summed E-state index contributed by atoms with van der Waals surface area (Å²) in [7, 11) is -1.85. The molecule has 0 unspecified atom stereocenters. The predicted molar refractivity (Wildman–Crippen MR) is 158 cm³/mol. The number of ether oxygens (including phenoxy) is 1. The summed E-state index contributed by atoms with van der Waals surface area (Å²) in [5.41, 5.74) is -0.514. The number of thioether (sulfide) groups is 1. The summed E-state index contributed by atoms with van der Waals surface area (Å²) in [5.74, 6) is 0.881. The second-order valence-electron chi connectivity index (χ2n) is 11.8. The van der Waals surface area contributed by atoms with Gasteiger partial charge in [-0.2, -0.15) is 4.98 Å². The molecule has 0 aromatic carbocycles. The van der Waals surface area contributed by atoms with Crippen molar-refractivity contribution in [3.63, 3.8) is 0 Å². The van der Waals surface area contributed by atoms with E-state index in [2.05, 4.69) is 51.1 Å². The van der Waals surface area contributed by atoms with E-state index in [0.717, 1.165) is 12.8 Å². The number of carbonyl (C=O) groups excluding carboxylic acids is 1. The highest BCUT2D eigenvalue weighted by atomic mass is 32.2. The molecule has 0 bridgehead atoms. The lowest BCUT2D eigenvalue weighted by atomic mass is 10.1. The van der Waals surface area contributed by atoms with Crippen molar-refractivity contribution in [2.45, 2.75) is 135 Å². The zero-order valence-corrected chi connectivity index (χ0v) is 26.0. The molecule has 2 heterocycles. The highest BCUT2D eigenvalue weighted by Crippen LogP contribution is 2.38. The molecule has 1 amide bonds. The Labute approximate surface area is 230 Å². The predicted octanol–water partition coefficient (Wildman–Crippen LogP) is 7.49. The molecule has 0 aliphatic carbocycles. The number of aromatic nitrogens is 2. The molecule has 1 aliphatic rings. The zero-order valence-electron chi connectivity index (χ0n) is 24.1. The van der Waals surface area contributed by atoms with Crippen molar-refractivity contribution in [3.05, 3.63) is 22.7 Å². The topological polar surface area (TPSA) is 82.5 Å². The van der Waals surface area contributed by atoms with Gasteiger partial charge < -0.3 is 14.5 Å². The zero-order chi connectivity index (χ0) is 27.3. The smallest absolute Gasteiger partial charge is 0.351 e. The number of unbranched alkanes of at least 4 members (excludes halogenated alkanes) is 10. The second-order valence-corrected chi connectivity index (χ2v) is 17.8. The van der Waals surface area contributed by atoms with Crippen molar-refractivity contribution in [1.29, 1.82) is 0 Å². The average molecular weight is 554 g/mol. The van der Waals surface area contributed by atoms with E-state index in [1.807, 2.05) is 0 Å². The van der Waals surface area contributed by atoms with E-state index in [-0.39, 0.29) is 22.6 Å². The van der Waals surface area contributed by atoms with Crippen molar-refractivity contribution in [1.82, 2.24) is 9.55 Å². The Kier molecular flexibility index (Phi) is 13.9. The molecule has 2 rings (SSSR count). The molecule has 0 spiro atoms. The molecule has 0 saturated carbocycles. The maximum absolute atomic E-state index is 12.6. The molecule has 1 aliphatic heterocycles. The minimum Gasteiger partial charge on any atom is -0.413 e. The number of anilines is 1. The van der Waals surface area contributed by atoms with Crippen LogP contribution in [0.3, 0.4) is 0 Å². The van der Waals surface area contributed by atoms with Crippen LogP contribution in [-0.4, -0.2) is 41.6 Å². The normalized spacial score (nSPS) is 18.3. The maximum Gasteiger partial charge on any atom is 0.351 e. The van der Waals surface area contributed by atoms with Crippen LogP contribution in [0.1, 0.15) is 111 Å². The second kappa shape index (κ2) is 16.1. The lowest BCUT2D eigenvalue weighted by molar-refractivity contribution is -0.116.